The van der Waals surface area contributed by atoms with Crippen molar-refractivity contribution in [3.8, 4) is 0 Å². The molecule has 0 saturated heterocycles. The zero-order valence-electron chi connectivity index (χ0n) is 8.97. The molecule has 0 atom stereocenters. The van der Waals surface area contributed by atoms with Gasteiger partial charge in [0.1, 0.15) is 5.82 Å². The molecule has 0 aromatic heterocycles. The van der Waals surface area contributed by atoms with Crippen LogP contribution in [0.15, 0.2) is 22.7 Å². The van der Waals surface area contributed by atoms with Crippen molar-refractivity contribution in [3.63, 3.8) is 0 Å². The number of nitrogens with zero attached hydrogens (tertiary/aromatic N) is 1. The maximum atomic E-state index is 12.9. The molecule has 0 radical (unpaired) electrons. The summed E-state index contributed by atoms with van der Waals surface area (Å²) in [7, 11) is 0. The molecule has 96 valence electrons. The highest BCUT2D eigenvalue weighted by molar-refractivity contribution is 9.10. The van der Waals surface area contributed by atoms with E-state index in [9.17, 15) is 13.2 Å². The zero-order valence-corrected chi connectivity index (χ0v) is 12.1. The summed E-state index contributed by atoms with van der Waals surface area (Å²) in [6.45, 7) is 0.611. The summed E-state index contributed by atoms with van der Waals surface area (Å²) in [5.74, 6) is -0.346. The largest absolute Gasteiger partial charge is 0.293 e. The number of hydrogen-bond donors (Lipinski definition) is 0. The van der Waals surface area contributed by atoms with Crippen molar-refractivity contribution in [3.05, 3.63) is 34.1 Å². The van der Waals surface area contributed by atoms with E-state index < -0.39 is 6.43 Å². The van der Waals surface area contributed by atoms with Crippen LogP contribution >= 0.6 is 31.9 Å². The molecule has 0 amide bonds. The van der Waals surface area contributed by atoms with Crippen LogP contribution in [-0.2, 0) is 6.54 Å². The van der Waals surface area contributed by atoms with E-state index >= 15 is 0 Å². The van der Waals surface area contributed by atoms with Crippen LogP contribution in [0.5, 0.6) is 0 Å². The molecule has 0 spiro atoms. The van der Waals surface area contributed by atoms with Gasteiger partial charge in [0.2, 0.25) is 0 Å². The molecule has 1 aromatic carbocycles. The standard InChI is InChI=1S/C11H12Br2F3N/c12-3-4-17(7-11(15)16)6-8-1-2-9(14)5-10(8)13/h1-2,5,11H,3-4,6-7H2. The fraction of sp³-hybridized carbons (Fsp3) is 0.455. The fourth-order valence-corrected chi connectivity index (χ4v) is 2.42. The second-order valence-corrected chi connectivity index (χ2v) is 5.20. The van der Waals surface area contributed by atoms with Gasteiger partial charge in [-0.05, 0) is 17.7 Å². The molecule has 0 bridgehead atoms. The zero-order chi connectivity index (χ0) is 12.8. The predicted octanol–water partition coefficient (Wildman–Crippen LogP) is 4.05. The van der Waals surface area contributed by atoms with Crippen LogP contribution in [0, 0.1) is 5.82 Å². The average molecular weight is 375 g/mol. The highest BCUT2D eigenvalue weighted by Gasteiger charge is 2.13. The lowest BCUT2D eigenvalue weighted by Gasteiger charge is -2.21. The number of halogens is 5. The lowest BCUT2D eigenvalue weighted by molar-refractivity contribution is 0.0880. The molecule has 0 unspecified atom stereocenters. The van der Waals surface area contributed by atoms with E-state index in [1.807, 2.05) is 0 Å². The third-order valence-corrected chi connectivity index (χ3v) is 3.30. The van der Waals surface area contributed by atoms with E-state index in [1.54, 1.807) is 11.0 Å². The normalized spacial score (nSPS) is 11.5. The maximum absolute atomic E-state index is 12.9. The third kappa shape index (κ3) is 5.40. The van der Waals surface area contributed by atoms with Gasteiger partial charge in [0.05, 0.1) is 6.54 Å². The summed E-state index contributed by atoms with van der Waals surface area (Å²) < 4.78 is 38.2. The van der Waals surface area contributed by atoms with Crippen molar-refractivity contribution in [1.29, 1.82) is 0 Å². The van der Waals surface area contributed by atoms with Crippen molar-refractivity contribution < 1.29 is 13.2 Å². The topological polar surface area (TPSA) is 3.24 Å². The summed E-state index contributed by atoms with van der Waals surface area (Å²) in [6, 6.07) is 4.27. The summed E-state index contributed by atoms with van der Waals surface area (Å²) in [6.07, 6.45) is -2.37. The smallest absolute Gasteiger partial charge is 0.251 e. The monoisotopic (exact) mass is 373 g/mol. The van der Waals surface area contributed by atoms with E-state index in [2.05, 4.69) is 31.9 Å². The maximum Gasteiger partial charge on any atom is 0.251 e. The van der Waals surface area contributed by atoms with Crippen LogP contribution in [-0.4, -0.2) is 29.7 Å². The SMILES string of the molecule is Fc1ccc(CN(CCBr)CC(F)F)c(Br)c1. The first-order chi connectivity index (χ1) is 8.02. The molecule has 0 aliphatic carbocycles. The number of alkyl halides is 3. The van der Waals surface area contributed by atoms with Crippen LogP contribution in [0.3, 0.4) is 0 Å². The first-order valence-electron chi connectivity index (χ1n) is 5.03. The Bertz CT molecular complexity index is 361. The average Bonchev–Trinajstić information content (AvgIpc) is 2.21. The van der Waals surface area contributed by atoms with Gasteiger partial charge in [-0.1, -0.05) is 37.9 Å². The Kier molecular flexibility index (Phi) is 6.51. The van der Waals surface area contributed by atoms with Crippen molar-refractivity contribution in [2.75, 3.05) is 18.4 Å². The summed E-state index contributed by atoms with van der Waals surface area (Å²) in [5.41, 5.74) is 0.799. The lowest BCUT2D eigenvalue weighted by Crippen LogP contribution is -2.30. The molecule has 0 fully saturated rings. The van der Waals surface area contributed by atoms with Crippen molar-refractivity contribution in [2.24, 2.45) is 0 Å². The van der Waals surface area contributed by atoms with Crippen LogP contribution in [0.25, 0.3) is 0 Å². The van der Waals surface area contributed by atoms with Gasteiger partial charge in [-0.25, -0.2) is 13.2 Å². The minimum absolute atomic E-state index is 0.282. The number of rotatable bonds is 6. The van der Waals surface area contributed by atoms with Crippen LogP contribution < -0.4 is 0 Å². The van der Waals surface area contributed by atoms with Gasteiger partial charge in [-0.2, -0.15) is 0 Å². The first kappa shape index (κ1) is 15.0. The van der Waals surface area contributed by atoms with Gasteiger partial charge in [-0.3, -0.25) is 4.90 Å². The van der Waals surface area contributed by atoms with Crippen LogP contribution in [0.2, 0.25) is 0 Å². The molecule has 0 heterocycles. The molecule has 1 nitrogen and oxygen atoms in total. The molecule has 17 heavy (non-hydrogen) atoms. The molecule has 1 aromatic rings. The van der Waals surface area contributed by atoms with Gasteiger partial charge in [0.15, 0.2) is 0 Å². The van der Waals surface area contributed by atoms with Gasteiger partial charge < -0.3 is 0 Å². The summed E-state index contributed by atoms with van der Waals surface area (Å²) in [5, 5.41) is 0.624. The minimum atomic E-state index is -2.37. The lowest BCUT2D eigenvalue weighted by atomic mass is 10.2. The molecule has 1 rings (SSSR count). The quantitative estimate of drug-likeness (QED) is 0.679. The van der Waals surface area contributed by atoms with Gasteiger partial charge >= 0.3 is 0 Å². The van der Waals surface area contributed by atoms with E-state index in [4.69, 9.17) is 0 Å². The van der Waals surface area contributed by atoms with Crippen LogP contribution in [0.4, 0.5) is 13.2 Å². The highest BCUT2D eigenvalue weighted by Crippen LogP contribution is 2.20. The Hall–Kier alpha value is -0.0700. The highest BCUT2D eigenvalue weighted by atomic mass is 79.9. The van der Waals surface area contributed by atoms with Crippen molar-refractivity contribution in [2.45, 2.75) is 13.0 Å². The fourth-order valence-electron chi connectivity index (χ4n) is 1.44. The van der Waals surface area contributed by atoms with E-state index in [0.717, 1.165) is 5.56 Å². The summed E-state index contributed by atoms with van der Waals surface area (Å²) in [4.78, 5) is 1.62. The molecule has 0 aliphatic heterocycles. The Morgan fingerprint density at radius 2 is 2.00 bits per heavy atom. The third-order valence-electron chi connectivity index (χ3n) is 2.21. The predicted molar refractivity (Wildman–Crippen MR) is 69.2 cm³/mol. The molecule has 0 saturated carbocycles. The molecular formula is C11H12Br2F3N. The molecule has 0 aliphatic rings. The summed E-state index contributed by atoms with van der Waals surface area (Å²) >= 11 is 6.45. The van der Waals surface area contributed by atoms with E-state index in [1.165, 1.54) is 12.1 Å². The number of hydrogen-bond acceptors (Lipinski definition) is 1. The molecular weight excluding hydrogens is 363 g/mol. The van der Waals surface area contributed by atoms with Gasteiger partial charge in [-0.15, -0.1) is 0 Å². The Morgan fingerprint density at radius 1 is 1.29 bits per heavy atom. The Labute approximate surface area is 115 Å². The second kappa shape index (κ2) is 7.38. The first-order valence-corrected chi connectivity index (χ1v) is 6.94. The molecule has 6 heteroatoms. The minimum Gasteiger partial charge on any atom is -0.293 e. The Morgan fingerprint density at radius 3 is 2.53 bits per heavy atom. The van der Waals surface area contributed by atoms with Crippen molar-refractivity contribution >= 4 is 31.9 Å². The van der Waals surface area contributed by atoms with Crippen molar-refractivity contribution in [1.82, 2.24) is 4.90 Å². The molecule has 0 N–H and O–H groups in total. The Balaban J connectivity index is 2.71. The number of benzene rings is 1. The van der Waals surface area contributed by atoms with Gasteiger partial charge in [0.25, 0.3) is 6.43 Å². The van der Waals surface area contributed by atoms with Gasteiger partial charge in [0, 0.05) is 22.9 Å². The van der Waals surface area contributed by atoms with E-state index in [-0.39, 0.29) is 12.4 Å². The van der Waals surface area contributed by atoms with E-state index in [0.29, 0.717) is 22.9 Å². The van der Waals surface area contributed by atoms with Crippen LogP contribution in [0.1, 0.15) is 5.56 Å². The second-order valence-electron chi connectivity index (χ2n) is 3.55.